The molecule has 4 nitrogen and oxygen atoms in total. The molecule has 0 saturated carbocycles. The molecular formula is C12H19NO3. The molecule has 0 unspecified atom stereocenters. The topological polar surface area (TPSA) is 64.7 Å². The predicted octanol–water partition coefficient (Wildman–Crippen LogP) is 1.48. The summed E-state index contributed by atoms with van der Waals surface area (Å²) >= 11 is 0. The van der Waals surface area contributed by atoms with Gasteiger partial charge in [0.2, 0.25) is 0 Å². The molecule has 0 fully saturated rings. The number of hydrogen-bond donors (Lipinski definition) is 2. The van der Waals surface area contributed by atoms with Crippen LogP contribution in [0, 0.1) is 0 Å². The largest absolute Gasteiger partial charge is 0.496 e. The molecule has 0 aliphatic heterocycles. The van der Waals surface area contributed by atoms with Crippen molar-refractivity contribution in [3.63, 3.8) is 0 Å². The summed E-state index contributed by atoms with van der Waals surface area (Å²) in [6, 6.07) is 5.39. The van der Waals surface area contributed by atoms with E-state index >= 15 is 0 Å². The minimum Gasteiger partial charge on any atom is -0.496 e. The smallest absolute Gasteiger partial charge is 0.127 e. The van der Waals surface area contributed by atoms with Crippen molar-refractivity contribution in [2.24, 2.45) is 5.73 Å². The van der Waals surface area contributed by atoms with E-state index in [0.717, 1.165) is 17.1 Å². The Balaban J connectivity index is 2.97. The fourth-order valence-corrected chi connectivity index (χ4v) is 1.70. The second-order valence-corrected chi connectivity index (χ2v) is 3.55. The van der Waals surface area contributed by atoms with Crippen molar-refractivity contribution >= 4 is 0 Å². The van der Waals surface area contributed by atoms with Crippen LogP contribution in [0.25, 0.3) is 0 Å². The van der Waals surface area contributed by atoms with Crippen LogP contribution in [-0.4, -0.2) is 25.9 Å². The molecule has 0 heterocycles. The lowest BCUT2D eigenvalue weighted by Crippen LogP contribution is -2.13. The number of benzene rings is 1. The van der Waals surface area contributed by atoms with Crippen LogP contribution < -0.4 is 15.2 Å². The highest BCUT2D eigenvalue weighted by atomic mass is 16.5. The molecule has 0 aliphatic rings. The van der Waals surface area contributed by atoms with Crippen LogP contribution in [0.15, 0.2) is 18.2 Å². The fraction of sp³-hybridized carbons (Fsp3) is 0.500. The van der Waals surface area contributed by atoms with E-state index in [4.69, 9.17) is 20.3 Å². The van der Waals surface area contributed by atoms with Gasteiger partial charge in [0.05, 0.1) is 19.8 Å². The van der Waals surface area contributed by atoms with Crippen LogP contribution in [0.5, 0.6) is 11.5 Å². The molecule has 4 heteroatoms. The average Bonchev–Trinajstić information content (AvgIpc) is 2.34. The lowest BCUT2D eigenvalue weighted by atomic mass is 10.0. The van der Waals surface area contributed by atoms with Crippen LogP contribution in [-0.2, 0) is 0 Å². The van der Waals surface area contributed by atoms with Crippen molar-refractivity contribution in [2.75, 3.05) is 20.8 Å². The quantitative estimate of drug-likeness (QED) is 0.769. The average molecular weight is 225 g/mol. The minimum absolute atomic E-state index is 0.144. The van der Waals surface area contributed by atoms with E-state index in [0.29, 0.717) is 12.8 Å². The Labute approximate surface area is 96.0 Å². The molecular weight excluding hydrogens is 206 g/mol. The molecule has 0 aromatic heterocycles. The molecule has 1 atom stereocenters. The normalized spacial score (nSPS) is 12.2. The molecule has 0 spiro atoms. The Morgan fingerprint density at radius 3 is 2.25 bits per heavy atom. The number of ether oxygens (including phenoxy) is 2. The Morgan fingerprint density at radius 1 is 1.25 bits per heavy atom. The third kappa shape index (κ3) is 2.87. The van der Waals surface area contributed by atoms with Crippen LogP contribution in [0.2, 0.25) is 0 Å². The van der Waals surface area contributed by atoms with Crippen molar-refractivity contribution in [3.8, 4) is 11.5 Å². The molecule has 0 bridgehead atoms. The third-order valence-electron chi connectivity index (χ3n) is 2.51. The van der Waals surface area contributed by atoms with Gasteiger partial charge in [0.1, 0.15) is 11.5 Å². The van der Waals surface area contributed by atoms with E-state index in [1.807, 2.05) is 18.2 Å². The first-order valence-corrected chi connectivity index (χ1v) is 5.32. The van der Waals surface area contributed by atoms with Gasteiger partial charge in [0, 0.05) is 12.6 Å². The summed E-state index contributed by atoms with van der Waals surface area (Å²) in [5, 5.41) is 8.80. The zero-order valence-corrected chi connectivity index (χ0v) is 9.77. The first kappa shape index (κ1) is 12.8. The van der Waals surface area contributed by atoms with E-state index in [9.17, 15) is 0 Å². The molecule has 1 rings (SSSR count). The Hall–Kier alpha value is -1.26. The Morgan fingerprint density at radius 2 is 1.81 bits per heavy atom. The van der Waals surface area contributed by atoms with Crippen LogP contribution >= 0.6 is 0 Å². The van der Waals surface area contributed by atoms with E-state index in [2.05, 4.69) is 0 Å². The standard InChI is InChI=1S/C12H19NO3/c1-15-10-6-3-7-11(16-2)12(10)9(13)5-4-8-14/h3,6-7,9,14H,4-5,8,13H2,1-2H3/t9-/m0/s1. The molecule has 0 aliphatic carbocycles. The maximum Gasteiger partial charge on any atom is 0.127 e. The summed E-state index contributed by atoms with van der Waals surface area (Å²) < 4.78 is 10.5. The summed E-state index contributed by atoms with van der Waals surface area (Å²) in [4.78, 5) is 0. The van der Waals surface area contributed by atoms with E-state index < -0.39 is 0 Å². The molecule has 0 saturated heterocycles. The summed E-state index contributed by atoms with van der Waals surface area (Å²) in [7, 11) is 3.22. The molecule has 90 valence electrons. The predicted molar refractivity (Wildman–Crippen MR) is 62.8 cm³/mol. The Kier molecular flexibility index (Phi) is 5.08. The highest BCUT2D eigenvalue weighted by Gasteiger charge is 2.16. The second kappa shape index (κ2) is 6.35. The molecule has 16 heavy (non-hydrogen) atoms. The molecule has 3 N–H and O–H groups in total. The number of hydrogen-bond acceptors (Lipinski definition) is 4. The zero-order chi connectivity index (χ0) is 12.0. The van der Waals surface area contributed by atoms with Gasteiger partial charge >= 0.3 is 0 Å². The van der Waals surface area contributed by atoms with Gasteiger partial charge in [-0.2, -0.15) is 0 Å². The van der Waals surface area contributed by atoms with E-state index in [-0.39, 0.29) is 12.6 Å². The van der Waals surface area contributed by atoms with Gasteiger partial charge < -0.3 is 20.3 Å². The van der Waals surface area contributed by atoms with Gasteiger partial charge in [-0.1, -0.05) is 6.07 Å². The van der Waals surface area contributed by atoms with Gasteiger partial charge in [0.15, 0.2) is 0 Å². The third-order valence-corrected chi connectivity index (χ3v) is 2.51. The lowest BCUT2D eigenvalue weighted by molar-refractivity contribution is 0.278. The van der Waals surface area contributed by atoms with Crippen LogP contribution in [0.3, 0.4) is 0 Å². The van der Waals surface area contributed by atoms with Crippen molar-refractivity contribution in [3.05, 3.63) is 23.8 Å². The number of rotatable bonds is 6. The number of aliphatic hydroxyl groups excluding tert-OH is 1. The fourth-order valence-electron chi connectivity index (χ4n) is 1.70. The molecule has 0 radical (unpaired) electrons. The van der Waals surface area contributed by atoms with Gasteiger partial charge in [0.25, 0.3) is 0 Å². The first-order valence-electron chi connectivity index (χ1n) is 5.32. The molecule has 1 aromatic rings. The lowest BCUT2D eigenvalue weighted by Gasteiger charge is -2.18. The van der Waals surface area contributed by atoms with Gasteiger partial charge in [-0.25, -0.2) is 0 Å². The van der Waals surface area contributed by atoms with E-state index in [1.54, 1.807) is 14.2 Å². The van der Waals surface area contributed by atoms with Gasteiger partial charge in [-0.05, 0) is 25.0 Å². The maximum absolute atomic E-state index is 8.80. The van der Waals surface area contributed by atoms with E-state index in [1.165, 1.54) is 0 Å². The van der Waals surface area contributed by atoms with Crippen molar-refractivity contribution in [2.45, 2.75) is 18.9 Å². The number of aliphatic hydroxyl groups is 1. The molecule has 1 aromatic carbocycles. The summed E-state index contributed by atoms with van der Waals surface area (Å²) in [5.74, 6) is 1.45. The van der Waals surface area contributed by atoms with Crippen molar-refractivity contribution in [1.29, 1.82) is 0 Å². The monoisotopic (exact) mass is 225 g/mol. The Bertz CT molecular complexity index is 306. The number of methoxy groups -OCH3 is 2. The number of nitrogens with two attached hydrogens (primary N) is 1. The summed E-state index contributed by atoms with van der Waals surface area (Å²) in [6.45, 7) is 0.144. The van der Waals surface area contributed by atoms with Gasteiger partial charge in [-0.3, -0.25) is 0 Å². The highest BCUT2D eigenvalue weighted by Crippen LogP contribution is 2.34. The van der Waals surface area contributed by atoms with Crippen LogP contribution in [0.4, 0.5) is 0 Å². The van der Waals surface area contributed by atoms with Gasteiger partial charge in [-0.15, -0.1) is 0 Å². The summed E-state index contributed by atoms with van der Waals surface area (Å²) in [5.41, 5.74) is 6.92. The first-order chi connectivity index (χ1) is 7.74. The second-order valence-electron chi connectivity index (χ2n) is 3.55. The minimum atomic E-state index is -0.182. The summed E-state index contributed by atoms with van der Waals surface area (Å²) in [6.07, 6.45) is 1.37. The SMILES string of the molecule is COc1cccc(OC)c1[C@@H](N)CCCO. The maximum atomic E-state index is 8.80. The highest BCUT2D eigenvalue weighted by molar-refractivity contribution is 5.46. The van der Waals surface area contributed by atoms with Crippen molar-refractivity contribution < 1.29 is 14.6 Å². The van der Waals surface area contributed by atoms with Crippen molar-refractivity contribution in [1.82, 2.24) is 0 Å². The molecule has 0 amide bonds. The van der Waals surface area contributed by atoms with Crippen LogP contribution in [0.1, 0.15) is 24.4 Å². The zero-order valence-electron chi connectivity index (χ0n) is 9.77.